The lowest BCUT2D eigenvalue weighted by Crippen LogP contribution is -2.33. The monoisotopic (exact) mass is 252 g/mol. The third-order valence-electron chi connectivity index (χ3n) is 4.27. The van der Waals surface area contributed by atoms with Crippen molar-refractivity contribution in [1.82, 2.24) is 0 Å². The van der Waals surface area contributed by atoms with Gasteiger partial charge >= 0.3 is 0 Å². The second kappa shape index (κ2) is 4.99. The highest BCUT2D eigenvalue weighted by Crippen LogP contribution is 2.40. The van der Waals surface area contributed by atoms with Gasteiger partial charge in [-0.2, -0.15) is 0 Å². The van der Waals surface area contributed by atoms with E-state index in [0.29, 0.717) is 5.88 Å². The largest absolute Gasteiger partial charge is 0.378 e. The molecule has 17 heavy (non-hydrogen) atoms. The lowest BCUT2D eigenvalue weighted by atomic mass is 9.76. The van der Waals surface area contributed by atoms with Crippen LogP contribution in [0.2, 0.25) is 0 Å². The molecular formula is C15H21ClO. The van der Waals surface area contributed by atoms with E-state index in [1.807, 2.05) is 0 Å². The Bertz CT molecular complexity index is 382. The SMILES string of the molecule is Cc1cccc(C)c1CC1(CCl)CCOC1C. The van der Waals surface area contributed by atoms with Crippen molar-refractivity contribution in [3.8, 4) is 0 Å². The fourth-order valence-electron chi connectivity index (χ4n) is 2.75. The maximum Gasteiger partial charge on any atom is 0.0618 e. The zero-order valence-corrected chi connectivity index (χ0v) is 11.7. The van der Waals surface area contributed by atoms with Crippen LogP contribution in [0.25, 0.3) is 0 Å². The van der Waals surface area contributed by atoms with Gasteiger partial charge in [-0.3, -0.25) is 0 Å². The van der Waals surface area contributed by atoms with E-state index in [-0.39, 0.29) is 11.5 Å². The van der Waals surface area contributed by atoms with Gasteiger partial charge < -0.3 is 4.74 Å². The molecule has 0 N–H and O–H groups in total. The van der Waals surface area contributed by atoms with Crippen LogP contribution in [0, 0.1) is 19.3 Å². The van der Waals surface area contributed by atoms with Crippen molar-refractivity contribution in [1.29, 1.82) is 0 Å². The van der Waals surface area contributed by atoms with Crippen LogP contribution in [0.5, 0.6) is 0 Å². The number of aryl methyl sites for hydroxylation is 2. The molecule has 2 rings (SSSR count). The van der Waals surface area contributed by atoms with Crippen LogP contribution in [0.1, 0.15) is 30.0 Å². The Kier molecular flexibility index (Phi) is 3.79. The highest BCUT2D eigenvalue weighted by molar-refractivity contribution is 6.18. The average molecular weight is 253 g/mol. The van der Waals surface area contributed by atoms with Crippen molar-refractivity contribution in [2.24, 2.45) is 5.41 Å². The van der Waals surface area contributed by atoms with Gasteiger partial charge in [0.15, 0.2) is 0 Å². The summed E-state index contributed by atoms with van der Waals surface area (Å²) in [6.45, 7) is 7.37. The maximum atomic E-state index is 6.23. The Morgan fingerprint density at radius 3 is 2.47 bits per heavy atom. The second-order valence-corrected chi connectivity index (χ2v) is 5.57. The molecule has 0 radical (unpaired) electrons. The maximum absolute atomic E-state index is 6.23. The van der Waals surface area contributed by atoms with E-state index in [1.54, 1.807) is 0 Å². The van der Waals surface area contributed by atoms with E-state index in [0.717, 1.165) is 19.4 Å². The minimum absolute atomic E-state index is 0.123. The first-order valence-electron chi connectivity index (χ1n) is 6.32. The quantitative estimate of drug-likeness (QED) is 0.742. The summed E-state index contributed by atoms with van der Waals surface area (Å²) in [5, 5.41) is 0. The first-order chi connectivity index (χ1) is 8.09. The molecule has 2 unspecified atom stereocenters. The van der Waals surface area contributed by atoms with Crippen molar-refractivity contribution in [2.45, 2.75) is 39.7 Å². The molecule has 0 bridgehead atoms. The van der Waals surface area contributed by atoms with Crippen LogP contribution in [-0.2, 0) is 11.2 Å². The number of hydrogen-bond donors (Lipinski definition) is 0. The molecule has 0 spiro atoms. The van der Waals surface area contributed by atoms with Crippen LogP contribution in [0.15, 0.2) is 18.2 Å². The molecule has 2 heteroatoms. The summed E-state index contributed by atoms with van der Waals surface area (Å²) in [7, 11) is 0. The zero-order chi connectivity index (χ0) is 12.5. The highest BCUT2D eigenvalue weighted by atomic mass is 35.5. The number of rotatable bonds is 3. The fourth-order valence-corrected chi connectivity index (χ4v) is 3.20. The molecule has 1 nitrogen and oxygen atoms in total. The molecule has 2 atom stereocenters. The average Bonchev–Trinajstić information content (AvgIpc) is 2.66. The normalized spacial score (nSPS) is 28.6. The Morgan fingerprint density at radius 1 is 1.35 bits per heavy atom. The van der Waals surface area contributed by atoms with Gasteiger partial charge in [-0.05, 0) is 50.3 Å². The summed E-state index contributed by atoms with van der Waals surface area (Å²) in [5.41, 5.74) is 4.31. The lowest BCUT2D eigenvalue weighted by Gasteiger charge is -2.31. The van der Waals surface area contributed by atoms with Crippen LogP contribution < -0.4 is 0 Å². The van der Waals surface area contributed by atoms with Crippen molar-refractivity contribution in [2.75, 3.05) is 12.5 Å². The standard InChI is InChI=1S/C15H21ClO/c1-11-5-4-6-12(2)14(11)9-15(10-16)7-8-17-13(15)3/h4-6,13H,7-10H2,1-3H3. The Labute approximate surface area is 109 Å². The third-order valence-corrected chi connectivity index (χ3v) is 4.80. The molecule has 1 aromatic rings. The molecule has 1 fully saturated rings. The molecule has 1 saturated heterocycles. The van der Waals surface area contributed by atoms with Gasteiger partial charge in [-0.15, -0.1) is 11.6 Å². The van der Waals surface area contributed by atoms with E-state index >= 15 is 0 Å². The van der Waals surface area contributed by atoms with Gasteiger partial charge in [0, 0.05) is 17.9 Å². The molecule has 0 aliphatic carbocycles. The molecular weight excluding hydrogens is 232 g/mol. The lowest BCUT2D eigenvalue weighted by molar-refractivity contribution is 0.0734. The van der Waals surface area contributed by atoms with Gasteiger partial charge in [0.1, 0.15) is 0 Å². The van der Waals surface area contributed by atoms with E-state index in [2.05, 4.69) is 39.0 Å². The predicted molar refractivity (Wildman–Crippen MR) is 72.8 cm³/mol. The number of benzene rings is 1. The van der Waals surface area contributed by atoms with Crippen molar-refractivity contribution in [3.05, 3.63) is 34.9 Å². The fraction of sp³-hybridized carbons (Fsp3) is 0.600. The summed E-state index contributed by atoms with van der Waals surface area (Å²) in [6, 6.07) is 6.49. The first-order valence-corrected chi connectivity index (χ1v) is 6.85. The molecule has 1 aliphatic rings. The Morgan fingerprint density at radius 2 is 2.00 bits per heavy atom. The van der Waals surface area contributed by atoms with E-state index in [1.165, 1.54) is 16.7 Å². The third kappa shape index (κ3) is 2.36. The van der Waals surface area contributed by atoms with Gasteiger partial charge in [-0.25, -0.2) is 0 Å². The number of halogens is 1. The topological polar surface area (TPSA) is 9.23 Å². The smallest absolute Gasteiger partial charge is 0.0618 e. The van der Waals surface area contributed by atoms with Gasteiger partial charge in [-0.1, -0.05) is 18.2 Å². The summed E-state index contributed by atoms with van der Waals surface area (Å²) in [6.07, 6.45) is 2.38. The highest BCUT2D eigenvalue weighted by Gasteiger charge is 2.41. The van der Waals surface area contributed by atoms with Gasteiger partial charge in [0.05, 0.1) is 6.10 Å². The van der Waals surface area contributed by atoms with Gasteiger partial charge in [0.2, 0.25) is 0 Å². The molecule has 1 aromatic carbocycles. The van der Waals surface area contributed by atoms with Crippen LogP contribution in [0.4, 0.5) is 0 Å². The number of hydrogen-bond acceptors (Lipinski definition) is 1. The van der Waals surface area contributed by atoms with Crippen LogP contribution in [-0.4, -0.2) is 18.6 Å². The van der Waals surface area contributed by atoms with Crippen LogP contribution >= 0.6 is 11.6 Å². The molecule has 1 heterocycles. The molecule has 0 amide bonds. The molecule has 1 aliphatic heterocycles. The zero-order valence-electron chi connectivity index (χ0n) is 10.9. The predicted octanol–water partition coefficient (Wildman–Crippen LogP) is 3.88. The molecule has 0 saturated carbocycles. The summed E-state index contributed by atoms with van der Waals surface area (Å²) >= 11 is 6.23. The summed E-state index contributed by atoms with van der Waals surface area (Å²) in [5.74, 6) is 0.682. The minimum Gasteiger partial charge on any atom is -0.378 e. The van der Waals surface area contributed by atoms with Crippen molar-refractivity contribution >= 4 is 11.6 Å². The van der Waals surface area contributed by atoms with Gasteiger partial charge in [0.25, 0.3) is 0 Å². The second-order valence-electron chi connectivity index (χ2n) is 5.31. The Balaban J connectivity index is 2.30. The molecule has 94 valence electrons. The van der Waals surface area contributed by atoms with E-state index in [9.17, 15) is 0 Å². The minimum atomic E-state index is 0.123. The molecule has 0 aromatic heterocycles. The summed E-state index contributed by atoms with van der Waals surface area (Å²) in [4.78, 5) is 0. The Hall–Kier alpha value is -0.530. The van der Waals surface area contributed by atoms with E-state index in [4.69, 9.17) is 16.3 Å². The van der Waals surface area contributed by atoms with Crippen molar-refractivity contribution < 1.29 is 4.74 Å². The van der Waals surface area contributed by atoms with Crippen LogP contribution in [0.3, 0.4) is 0 Å². The number of ether oxygens (including phenoxy) is 1. The number of alkyl halides is 1. The summed E-state index contributed by atoms with van der Waals surface area (Å²) < 4.78 is 5.73. The van der Waals surface area contributed by atoms with E-state index < -0.39 is 0 Å². The van der Waals surface area contributed by atoms with Crippen molar-refractivity contribution in [3.63, 3.8) is 0 Å². The first kappa shape index (κ1) is 12.9.